The number of hydrogen-bond donors (Lipinski definition) is 0. The lowest BCUT2D eigenvalue weighted by Crippen LogP contribution is -2.15. The first-order valence-corrected chi connectivity index (χ1v) is 6.03. The average molecular weight is 242 g/mol. The van der Waals surface area contributed by atoms with Gasteiger partial charge in [-0.2, -0.15) is 0 Å². The van der Waals surface area contributed by atoms with E-state index in [-0.39, 0.29) is 0 Å². The summed E-state index contributed by atoms with van der Waals surface area (Å²) in [5.41, 5.74) is 2.43. The second kappa shape index (κ2) is 4.60. The van der Waals surface area contributed by atoms with Crippen molar-refractivity contribution >= 4 is 11.5 Å². The van der Waals surface area contributed by atoms with E-state index in [9.17, 15) is 0 Å². The van der Waals surface area contributed by atoms with E-state index in [0.29, 0.717) is 12.5 Å². The summed E-state index contributed by atoms with van der Waals surface area (Å²) < 4.78 is 5.40. The maximum absolute atomic E-state index is 5.40. The van der Waals surface area contributed by atoms with E-state index in [0.717, 1.165) is 18.8 Å². The van der Waals surface area contributed by atoms with Crippen LogP contribution in [0.3, 0.4) is 0 Å². The van der Waals surface area contributed by atoms with Crippen molar-refractivity contribution in [1.29, 1.82) is 0 Å². The number of hydrogen-bond acceptors (Lipinski definition) is 5. The first-order valence-electron chi connectivity index (χ1n) is 6.03. The highest BCUT2D eigenvalue weighted by atomic mass is 16.5. The maximum Gasteiger partial charge on any atom is 0.218 e. The fraction of sp³-hybridized carbons (Fsp3) is 0.308. The summed E-state index contributed by atoms with van der Waals surface area (Å²) in [6.45, 7) is 3.47. The summed E-state index contributed by atoms with van der Waals surface area (Å²) in [5, 5.41) is 0. The van der Waals surface area contributed by atoms with Crippen molar-refractivity contribution in [2.24, 2.45) is 0 Å². The molecule has 3 heterocycles. The summed E-state index contributed by atoms with van der Waals surface area (Å²) in [6, 6.07) is 3.89. The lowest BCUT2D eigenvalue weighted by molar-refractivity contribution is 0.326. The second-order valence-corrected chi connectivity index (χ2v) is 4.05. The zero-order valence-electron chi connectivity index (χ0n) is 10.2. The van der Waals surface area contributed by atoms with Crippen LogP contribution in [0.5, 0.6) is 5.88 Å². The molecule has 18 heavy (non-hydrogen) atoms. The Kier molecular flexibility index (Phi) is 2.80. The third-order valence-electron chi connectivity index (χ3n) is 2.97. The molecule has 0 bridgehead atoms. The topological polar surface area (TPSA) is 51.1 Å². The first-order chi connectivity index (χ1) is 8.88. The maximum atomic E-state index is 5.40. The summed E-state index contributed by atoms with van der Waals surface area (Å²) in [4.78, 5) is 14.7. The fourth-order valence-corrected chi connectivity index (χ4v) is 2.17. The molecule has 3 rings (SSSR count). The number of anilines is 2. The molecule has 0 N–H and O–H groups in total. The van der Waals surface area contributed by atoms with Gasteiger partial charge in [0.05, 0.1) is 6.61 Å². The van der Waals surface area contributed by atoms with E-state index >= 15 is 0 Å². The van der Waals surface area contributed by atoms with Gasteiger partial charge in [-0.3, -0.25) is 4.98 Å². The zero-order chi connectivity index (χ0) is 12.4. The van der Waals surface area contributed by atoms with E-state index in [1.165, 1.54) is 11.3 Å². The summed E-state index contributed by atoms with van der Waals surface area (Å²) in [5.74, 6) is 1.49. The third kappa shape index (κ3) is 1.88. The van der Waals surface area contributed by atoms with Crippen LogP contribution in [0, 0.1) is 0 Å². The molecule has 0 spiro atoms. The third-order valence-corrected chi connectivity index (χ3v) is 2.97. The van der Waals surface area contributed by atoms with Gasteiger partial charge in [0.15, 0.2) is 0 Å². The van der Waals surface area contributed by atoms with Gasteiger partial charge in [-0.05, 0) is 25.0 Å². The van der Waals surface area contributed by atoms with Crippen molar-refractivity contribution in [2.45, 2.75) is 13.3 Å². The van der Waals surface area contributed by atoms with Crippen LogP contribution in [0.4, 0.5) is 11.5 Å². The van der Waals surface area contributed by atoms with Crippen LogP contribution in [0.2, 0.25) is 0 Å². The molecular formula is C13H14N4O. The Bertz CT molecular complexity index is 558. The van der Waals surface area contributed by atoms with Crippen LogP contribution < -0.4 is 9.64 Å². The van der Waals surface area contributed by atoms with Gasteiger partial charge in [0.2, 0.25) is 5.88 Å². The van der Waals surface area contributed by atoms with Crippen LogP contribution in [0.1, 0.15) is 12.5 Å². The Balaban J connectivity index is 1.94. The SMILES string of the molecule is CCOc1cc(N2CCc3cnccc32)ncn1. The van der Waals surface area contributed by atoms with Crippen molar-refractivity contribution < 1.29 is 4.74 Å². The molecule has 0 aliphatic carbocycles. The number of rotatable bonds is 3. The van der Waals surface area contributed by atoms with Crippen molar-refractivity contribution in [3.63, 3.8) is 0 Å². The molecule has 92 valence electrons. The van der Waals surface area contributed by atoms with Gasteiger partial charge in [0.1, 0.15) is 12.1 Å². The van der Waals surface area contributed by atoms with Crippen molar-refractivity contribution in [3.05, 3.63) is 36.4 Å². The molecule has 0 aromatic carbocycles. The largest absolute Gasteiger partial charge is 0.478 e. The smallest absolute Gasteiger partial charge is 0.218 e. The molecule has 1 aliphatic heterocycles. The van der Waals surface area contributed by atoms with E-state index < -0.39 is 0 Å². The fourth-order valence-electron chi connectivity index (χ4n) is 2.17. The minimum Gasteiger partial charge on any atom is -0.478 e. The van der Waals surface area contributed by atoms with Gasteiger partial charge in [0, 0.05) is 30.7 Å². The summed E-state index contributed by atoms with van der Waals surface area (Å²) >= 11 is 0. The Hall–Kier alpha value is -2.17. The molecule has 0 atom stereocenters. The predicted molar refractivity (Wildman–Crippen MR) is 68.1 cm³/mol. The standard InChI is InChI=1S/C13H14N4O/c1-2-18-13-7-12(15-9-16-13)17-6-4-10-8-14-5-3-11(10)17/h3,5,7-9H,2,4,6H2,1H3. The van der Waals surface area contributed by atoms with E-state index in [4.69, 9.17) is 4.74 Å². The zero-order valence-corrected chi connectivity index (χ0v) is 10.2. The molecule has 2 aromatic heterocycles. The van der Waals surface area contributed by atoms with Crippen molar-refractivity contribution in [3.8, 4) is 5.88 Å². The van der Waals surface area contributed by atoms with Gasteiger partial charge in [-0.1, -0.05) is 0 Å². The highest BCUT2D eigenvalue weighted by Gasteiger charge is 2.21. The van der Waals surface area contributed by atoms with Crippen LogP contribution in [0.15, 0.2) is 30.9 Å². The Labute approximate surface area is 105 Å². The molecule has 0 saturated heterocycles. The van der Waals surface area contributed by atoms with E-state index in [2.05, 4.69) is 19.9 Å². The number of nitrogens with zero attached hydrogens (tertiary/aromatic N) is 4. The van der Waals surface area contributed by atoms with Gasteiger partial charge in [-0.25, -0.2) is 9.97 Å². The number of fused-ring (bicyclic) bond motifs is 1. The van der Waals surface area contributed by atoms with E-state index in [1.807, 2.05) is 31.5 Å². The Morgan fingerprint density at radius 1 is 1.39 bits per heavy atom. The van der Waals surface area contributed by atoms with Crippen LogP contribution >= 0.6 is 0 Å². The lowest BCUT2D eigenvalue weighted by atomic mass is 10.2. The van der Waals surface area contributed by atoms with Crippen molar-refractivity contribution in [1.82, 2.24) is 15.0 Å². The molecule has 2 aromatic rings. The van der Waals surface area contributed by atoms with Crippen LogP contribution in [0.25, 0.3) is 0 Å². The van der Waals surface area contributed by atoms with Gasteiger partial charge in [-0.15, -0.1) is 0 Å². The summed E-state index contributed by atoms with van der Waals surface area (Å²) in [7, 11) is 0. The Morgan fingerprint density at radius 2 is 2.33 bits per heavy atom. The second-order valence-electron chi connectivity index (χ2n) is 4.05. The van der Waals surface area contributed by atoms with Gasteiger partial charge in [0.25, 0.3) is 0 Å². The van der Waals surface area contributed by atoms with Gasteiger partial charge < -0.3 is 9.64 Å². The lowest BCUT2D eigenvalue weighted by Gasteiger charge is -2.18. The highest BCUT2D eigenvalue weighted by molar-refractivity contribution is 5.66. The molecule has 0 saturated carbocycles. The normalized spacial score (nSPS) is 13.5. The Morgan fingerprint density at radius 3 is 3.22 bits per heavy atom. The molecule has 0 amide bonds. The number of ether oxygens (including phenoxy) is 1. The molecule has 1 aliphatic rings. The van der Waals surface area contributed by atoms with E-state index in [1.54, 1.807) is 6.33 Å². The van der Waals surface area contributed by atoms with Crippen LogP contribution in [-0.2, 0) is 6.42 Å². The number of pyridine rings is 1. The monoisotopic (exact) mass is 242 g/mol. The quantitative estimate of drug-likeness (QED) is 0.823. The number of aromatic nitrogens is 3. The predicted octanol–water partition coefficient (Wildman–Crippen LogP) is 1.96. The molecule has 0 unspecified atom stereocenters. The van der Waals surface area contributed by atoms with Crippen molar-refractivity contribution in [2.75, 3.05) is 18.1 Å². The minimum atomic E-state index is 0.608. The molecular weight excluding hydrogens is 228 g/mol. The average Bonchev–Trinajstić information content (AvgIpc) is 2.83. The molecule has 5 heteroatoms. The minimum absolute atomic E-state index is 0.608. The molecule has 0 radical (unpaired) electrons. The van der Waals surface area contributed by atoms with Gasteiger partial charge >= 0.3 is 0 Å². The van der Waals surface area contributed by atoms with Crippen LogP contribution in [-0.4, -0.2) is 28.1 Å². The molecule has 5 nitrogen and oxygen atoms in total. The first kappa shape index (κ1) is 11.0. The summed E-state index contributed by atoms with van der Waals surface area (Å²) in [6.07, 6.45) is 6.26. The molecule has 0 fully saturated rings. The highest BCUT2D eigenvalue weighted by Crippen LogP contribution is 2.33.